The highest BCUT2D eigenvalue weighted by atomic mass is 31.2. The highest BCUT2D eigenvalue weighted by Gasteiger charge is 2.26. The first-order chi connectivity index (χ1) is 24.4. The summed E-state index contributed by atoms with van der Waals surface area (Å²) >= 11 is 0. The number of hydrogen-bond donors (Lipinski definition) is 4. The van der Waals surface area contributed by atoms with Crippen LogP contribution in [0.3, 0.4) is 0 Å². The molecule has 1 amide bonds. The van der Waals surface area contributed by atoms with Crippen molar-refractivity contribution in [3.8, 4) is 0 Å². The predicted octanol–water partition coefficient (Wildman–Crippen LogP) is 10.5. The molecule has 288 valence electrons. The Labute approximate surface area is 306 Å². The molecule has 0 saturated heterocycles. The normalized spacial score (nSPS) is 15.1. The van der Waals surface area contributed by atoms with Crippen molar-refractivity contribution >= 4 is 13.7 Å². The van der Waals surface area contributed by atoms with Crippen LogP contribution >= 0.6 is 7.82 Å². The van der Waals surface area contributed by atoms with Crippen molar-refractivity contribution in [3.05, 3.63) is 72.9 Å². The van der Waals surface area contributed by atoms with Gasteiger partial charge in [0.1, 0.15) is 0 Å². The number of nitrogens with two attached hydrogens (primary N) is 1. The van der Waals surface area contributed by atoms with Crippen molar-refractivity contribution in [2.24, 2.45) is 5.73 Å². The summed E-state index contributed by atoms with van der Waals surface area (Å²) in [4.78, 5) is 22.6. The summed E-state index contributed by atoms with van der Waals surface area (Å²) < 4.78 is 22.0. The van der Waals surface area contributed by atoms with Crippen molar-refractivity contribution in [3.63, 3.8) is 0 Å². The minimum atomic E-state index is -4.35. The molecule has 8 nitrogen and oxygen atoms in total. The number of unbranched alkanes of at least 4 members (excludes halogenated alkanes) is 13. The topological polar surface area (TPSA) is 131 Å². The van der Waals surface area contributed by atoms with Crippen molar-refractivity contribution in [2.75, 3.05) is 19.8 Å². The Morgan fingerprint density at radius 2 is 1.16 bits per heavy atom. The summed E-state index contributed by atoms with van der Waals surface area (Å²) in [5.41, 5.74) is 5.35. The molecule has 0 aliphatic rings. The van der Waals surface area contributed by atoms with Gasteiger partial charge < -0.3 is 21.1 Å². The lowest BCUT2D eigenvalue weighted by Crippen LogP contribution is -2.45. The lowest BCUT2D eigenvalue weighted by Gasteiger charge is -2.23. The monoisotopic (exact) mass is 721 g/mol. The van der Waals surface area contributed by atoms with E-state index >= 15 is 0 Å². The number of aliphatic hydroxyl groups is 1. The molecule has 9 heteroatoms. The van der Waals surface area contributed by atoms with E-state index in [-0.39, 0.29) is 25.7 Å². The van der Waals surface area contributed by atoms with Crippen LogP contribution in [0.4, 0.5) is 0 Å². The van der Waals surface area contributed by atoms with Crippen LogP contribution < -0.4 is 11.1 Å². The predicted molar refractivity (Wildman–Crippen MR) is 212 cm³/mol. The Hall–Kier alpha value is -2.06. The van der Waals surface area contributed by atoms with Crippen LogP contribution in [0, 0.1) is 0 Å². The average molecular weight is 721 g/mol. The lowest BCUT2D eigenvalue weighted by molar-refractivity contribution is -0.123. The third kappa shape index (κ3) is 34.4. The van der Waals surface area contributed by atoms with E-state index in [1.54, 1.807) is 6.08 Å². The zero-order valence-electron chi connectivity index (χ0n) is 31.6. The van der Waals surface area contributed by atoms with Gasteiger partial charge in [-0.1, -0.05) is 151 Å². The zero-order valence-corrected chi connectivity index (χ0v) is 32.5. The van der Waals surface area contributed by atoms with Crippen molar-refractivity contribution in [2.45, 2.75) is 161 Å². The van der Waals surface area contributed by atoms with Gasteiger partial charge in [-0.25, -0.2) is 4.57 Å². The lowest BCUT2D eigenvalue weighted by atomic mass is 10.1. The van der Waals surface area contributed by atoms with Gasteiger partial charge in [-0.3, -0.25) is 13.8 Å². The van der Waals surface area contributed by atoms with Gasteiger partial charge >= 0.3 is 7.82 Å². The molecule has 3 atom stereocenters. The third-order valence-corrected chi connectivity index (χ3v) is 9.02. The molecule has 0 spiro atoms. The van der Waals surface area contributed by atoms with E-state index in [0.29, 0.717) is 12.8 Å². The van der Waals surface area contributed by atoms with Crippen LogP contribution in [0.15, 0.2) is 72.9 Å². The second-order valence-corrected chi connectivity index (χ2v) is 14.2. The van der Waals surface area contributed by atoms with Crippen LogP contribution in [0.25, 0.3) is 0 Å². The fourth-order valence-electron chi connectivity index (χ4n) is 5.10. The van der Waals surface area contributed by atoms with Gasteiger partial charge in [0.15, 0.2) is 0 Å². The van der Waals surface area contributed by atoms with Crippen LogP contribution in [-0.2, 0) is 18.4 Å². The minimum Gasteiger partial charge on any atom is -0.387 e. The second-order valence-electron chi connectivity index (χ2n) is 12.8. The van der Waals surface area contributed by atoms with Gasteiger partial charge in [0.25, 0.3) is 0 Å². The molecule has 0 aromatic carbocycles. The standard InChI is InChI=1S/C41H73N2O6P/c1-3-5-7-9-11-13-15-17-18-19-20-21-22-23-25-27-29-31-33-35-41(45)43-39(38-49-50(46,47)48-37-36-42)40(44)34-32-30-28-26-24-16-14-12-10-8-6-4-2/h5,7,11,13,17-18,20-21,23,25,32,34,39-40,44H,3-4,6,8-10,12,14-16,19,22,24,26-31,33,35-38,42H2,1-2H3,(H,43,45)(H,46,47)/b7-5-,13-11-,18-17-,21-20-,25-23-,34-32+. The summed E-state index contributed by atoms with van der Waals surface area (Å²) in [6.07, 6.45) is 46.6. The molecule has 0 bridgehead atoms. The number of phosphoric ester groups is 1. The molecule has 0 aliphatic heterocycles. The number of amides is 1. The number of carbonyl (C=O) groups excluding carboxylic acids is 1. The summed E-state index contributed by atoms with van der Waals surface area (Å²) in [5, 5.41) is 13.6. The van der Waals surface area contributed by atoms with E-state index in [4.69, 9.17) is 14.8 Å². The second kappa shape index (κ2) is 36.7. The van der Waals surface area contributed by atoms with E-state index in [2.05, 4.69) is 79.9 Å². The molecule has 0 rings (SSSR count). The van der Waals surface area contributed by atoms with Gasteiger partial charge in [-0.2, -0.15) is 0 Å². The van der Waals surface area contributed by atoms with Crippen molar-refractivity contribution in [1.82, 2.24) is 5.32 Å². The Balaban J connectivity index is 4.37. The van der Waals surface area contributed by atoms with E-state index in [0.717, 1.165) is 70.6 Å². The number of carbonyl (C=O) groups is 1. The van der Waals surface area contributed by atoms with E-state index < -0.39 is 20.0 Å². The van der Waals surface area contributed by atoms with Crippen LogP contribution in [0.2, 0.25) is 0 Å². The SMILES string of the molecule is CC/C=C\C/C=C\C/C=C\C/C=C\C/C=C\CCCCCC(=O)NC(COP(=O)(O)OCCN)C(O)/C=C/CCCCCCCCCCCC. The molecule has 0 radical (unpaired) electrons. The van der Waals surface area contributed by atoms with Crippen molar-refractivity contribution in [1.29, 1.82) is 0 Å². The molecular formula is C41H73N2O6P. The zero-order chi connectivity index (χ0) is 36.8. The number of allylic oxidation sites excluding steroid dienone is 11. The van der Waals surface area contributed by atoms with Gasteiger partial charge in [-0.15, -0.1) is 0 Å². The first-order valence-corrected chi connectivity index (χ1v) is 21.1. The first-order valence-electron chi connectivity index (χ1n) is 19.6. The number of rotatable bonds is 35. The highest BCUT2D eigenvalue weighted by Crippen LogP contribution is 2.43. The molecule has 0 saturated carbocycles. The molecule has 5 N–H and O–H groups in total. The molecule has 0 aromatic rings. The van der Waals surface area contributed by atoms with Gasteiger partial charge in [-0.05, 0) is 64.2 Å². The van der Waals surface area contributed by atoms with E-state index in [1.807, 2.05) is 6.08 Å². The molecule has 3 unspecified atom stereocenters. The Kier molecular flexibility index (Phi) is 35.2. The number of aliphatic hydroxyl groups excluding tert-OH is 1. The highest BCUT2D eigenvalue weighted by molar-refractivity contribution is 7.47. The van der Waals surface area contributed by atoms with Gasteiger partial charge in [0, 0.05) is 13.0 Å². The molecule has 0 heterocycles. The Morgan fingerprint density at radius 3 is 1.70 bits per heavy atom. The fraction of sp³-hybridized carbons (Fsp3) is 0.683. The quantitative estimate of drug-likeness (QED) is 0.0291. The number of phosphoric acid groups is 1. The maximum atomic E-state index is 12.7. The smallest absolute Gasteiger partial charge is 0.387 e. The summed E-state index contributed by atoms with van der Waals surface area (Å²) in [7, 11) is -4.35. The maximum Gasteiger partial charge on any atom is 0.472 e. The molecule has 0 aliphatic carbocycles. The third-order valence-electron chi connectivity index (χ3n) is 8.04. The summed E-state index contributed by atoms with van der Waals surface area (Å²) in [5.74, 6) is -0.230. The van der Waals surface area contributed by atoms with Crippen LogP contribution in [0.1, 0.15) is 149 Å². The van der Waals surface area contributed by atoms with E-state index in [1.165, 1.54) is 51.4 Å². The molecule has 0 fully saturated rings. The number of hydrogen-bond acceptors (Lipinski definition) is 6. The Morgan fingerprint density at radius 1 is 0.680 bits per heavy atom. The Bertz CT molecular complexity index is 1010. The summed E-state index contributed by atoms with van der Waals surface area (Å²) in [6, 6.07) is -0.880. The molecular weight excluding hydrogens is 647 g/mol. The first kappa shape index (κ1) is 47.9. The van der Waals surface area contributed by atoms with Crippen molar-refractivity contribution < 1.29 is 28.4 Å². The van der Waals surface area contributed by atoms with Gasteiger partial charge in [0.2, 0.25) is 5.91 Å². The average Bonchev–Trinajstić information content (AvgIpc) is 3.10. The fourth-order valence-corrected chi connectivity index (χ4v) is 5.86. The molecule has 0 aromatic heterocycles. The van der Waals surface area contributed by atoms with Crippen LogP contribution in [-0.4, -0.2) is 47.8 Å². The minimum absolute atomic E-state index is 0.0689. The maximum absolute atomic E-state index is 12.7. The van der Waals surface area contributed by atoms with E-state index in [9.17, 15) is 19.4 Å². The largest absolute Gasteiger partial charge is 0.472 e. The number of nitrogens with one attached hydrogen (secondary N) is 1. The van der Waals surface area contributed by atoms with Crippen LogP contribution in [0.5, 0.6) is 0 Å². The van der Waals surface area contributed by atoms with Gasteiger partial charge in [0.05, 0.1) is 25.4 Å². The molecule has 50 heavy (non-hydrogen) atoms. The summed E-state index contributed by atoms with van der Waals surface area (Å²) in [6.45, 7) is 3.96.